The molecule has 130 valence electrons. The maximum Gasteiger partial charge on any atom is 0.346 e. The quantitative estimate of drug-likeness (QED) is 0.541. The predicted molar refractivity (Wildman–Crippen MR) is 102 cm³/mol. The molecule has 6 nitrogen and oxygen atoms in total. The molecule has 0 radical (unpaired) electrons. The van der Waals surface area contributed by atoms with E-state index in [-0.39, 0.29) is 0 Å². The first-order chi connectivity index (χ1) is 12.6. The second-order valence-electron chi connectivity index (χ2n) is 5.73. The highest BCUT2D eigenvalue weighted by Gasteiger charge is 2.15. The first kappa shape index (κ1) is 16.3. The molecule has 26 heavy (non-hydrogen) atoms. The van der Waals surface area contributed by atoms with E-state index in [4.69, 9.17) is 9.15 Å². The van der Waals surface area contributed by atoms with Crippen LogP contribution in [0.3, 0.4) is 0 Å². The van der Waals surface area contributed by atoms with E-state index in [1.807, 2.05) is 43.3 Å². The number of nitrogens with one attached hydrogen (secondary N) is 1. The molecule has 2 aromatic heterocycles. The van der Waals surface area contributed by atoms with E-state index < -0.39 is 5.63 Å². The molecule has 0 aliphatic heterocycles. The van der Waals surface area contributed by atoms with Crippen molar-refractivity contribution in [1.29, 1.82) is 0 Å². The van der Waals surface area contributed by atoms with Crippen LogP contribution in [-0.2, 0) is 0 Å². The number of hydrogen-bond acceptors (Lipinski definition) is 7. The number of nitrogens with zero attached hydrogens (tertiary/aromatic N) is 2. The van der Waals surface area contributed by atoms with Gasteiger partial charge in [-0.15, -0.1) is 10.2 Å². The Hall–Kier alpha value is -3.19. The molecular weight excluding hydrogens is 350 g/mol. The molecule has 7 heteroatoms. The fraction of sp³-hybridized carbons (Fsp3) is 0.105. The zero-order chi connectivity index (χ0) is 18.1. The average Bonchev–Trinajstić information content (AvgIpc) is 3.11. The summed E-state index contributed by atoms with van der Waals surface area (Å²) >= 11 is 1.29. The summed E-state index contributed by atoms with van der Waals surface area (Å²) in [5.74, 6) is 0.519. The lowest BCUT2D eigenvalue weighted by Crippen LogP contribution is -2.03. The van der Waals surface area contributed by atoms with Gasteiger partial charge in [0.1, 0.15) is 0 Å². The molecule has 4 rings (SSSR count). The van der Waals surface area contributed by atoms with E-state index in [1.54, 1.807) is 12.1 Å². The molecule has 0 spiro atoms. The largest absolute Gasteiger partial charge is 0.493 e. The number of methoxy groups -OCH3 is 1. The van der Waals surface area contributed by atoms with Gasteiger partial charge < -0.3 is 14.5 Å². The van der Waals surface area contributed by atoms with Crippen molar-refractivity contribution in [1.82, 2.24) is 10.2 Å². The van der Waals surface area contributed by atoms with Gasteiger partial charge in [-0.05, 0) is 31.2 Å². The Morgan fingerprint density at radius 2 is 1.92 bits per heavy atom. The van der Waals surface area contributed by atoms with Crippen molar-refractivity contribution in [2.24, 2.45) is 0 Å². The van der Waals surface area contributed by atoms with Crippen LogP contribution in [0, 0.1) is 6.92 Å². The Morgan fingerprint density at radius 1 is 1.12 bits per heavy atom. The van der Waals surface area contributed by atoms with Crippen molar-refractivity contribution < 1.29 is 9.15 Å². The minimum atomic E-state index is -0.472. The molecule has 4 aromatic rings. The maximum atomic E-state index is 12.4. The Kier molecular flexibility index (Phi) is 4.14. The molecule has 2 aromatic carbocycles. The van der Waals surface area contributed by atoms with Gasteiger partial charge in [0.2, 0.25) is 5.13 Å². The summed E-state index contributed by atoms with van der Waals surface area (Å²) in [6.07, 6.45) is 0. The number of benzene rings is 2. The fourth-order valence-electron chi connectivity index (χ4n) is 2.57. The van der Waals surface area contributed by atoms with Gasteiger partial charge in [0, 0.05) is 11.1 Å². The smallest absolute Gasteiger partial charge is 0.346 e. The van der Waals surface area contributed by atoms with Gasteiger partial charge in [0.15, 0.2) is 16.3 Å². The Morgan fingerprint density at radius 3 is 2.69 bits per heavy atom. The third kappa shape index (κ3) is 3.04. The lowest BCUT2D eigenvalue weighted by molar-refractivity contribution is 0.407. The number of hydrogen-bond donors (Lipinski definition) is 1. The molecule has 0 bridgehead atoms. The first-order valence-corrected chi connectivity index (χ1v) is 8.74. The lowest BCUT2D eigenvalue weighted by atomic mass is 10.2. The third-order valence-corrected chi connectivity index (χ3v) is 4.77. The van der Waals surface area contributed by atoms with E-state index in [0.717, 1.165) is 11.1 Å². The van der Waals surface area contributed by atoms with Crippen LogP contribution in [0.4, 0.5) is 10.8 Å². The average molecular weight is 365 g/mol. The van der Waals surface area contributed by atoms with E-state index in [1.165, 1.54) is 24.0 Å². The monoisotopic (exact) mass is 365 g/mol. The van der Waals surface area contributed by atoms with Crippen LogP contribution in [-0.4, -0.2) is 17.3 Å². The van der Waals surface area contributed by atoms with Crippen molar-refractivity contribution in [2.75, 3.05) is 12.4 Å². The first-order valence-electron chi connectivity index (χ1n) is 7.92. The molecule has 1 N–H and O–H groups in total. The minimum absolute atomic E-state index is 0.375. The van der Waals surface area contributed by atoms with Crippen molar-refractivity contribution in [3.63, 3.8) is 0 Å². The van der Waals surface area contributed by atoms with Gasteiger partial charge in [-0.3, -0.25) is 0 Å². The highest BCUT2D eigenvalue weighted by Crippen LogP contribution is 2.30. The van der Waals surface area contributed by atoms with Gasteiger partial charge >= 0.3 is 5.63 Å². The molecule has 0 aliphatic rings. The predicted octanol–water partition coefficient (Wildman–Crippen LogP) is 4.37. The minimum Gasteiger partial charge on any atom is -0.493 e. The number of para-hydroxylation sites is 1. The zero-order valence-electron chi connectivity index (χ0n) is 14.1. The number of aryl methyl sites for hydroxylation is 1. The van der Waals surface area contributed by atoms with Gasteiger partial charge in [-0.2, -0.15) is 0 Å². The summed E-state index contributed by atoms with van der Waals surface area (Å²) in [5, 5.41) is 13.3. The molecule has 0 unspecified atom stereocenters. The second-order valence-corrected chi connectivity index (χ2v) is 6.71. The maximum absolute atomic E-state index is 12.4. The summed E-state index contributed by atoms with van der Waals surface area (Å²) in [6.45, 7) is 2.03. The number of rotatable bonds is 4. The molecule has 0 amide bonds. The van der Waals surface area contributed by atoms with Crippen LogP contribution in [0.5, 0.6) is 5.75 Å². The summed E-state index contributed by atoms with van der Waals surface area (Å²) in [4.78, 5) is 12.4. The molecule has 0 atom stereocenters. The summed E-state index contributed by atoms with van der Waals surface area (Å²) in [5.41, 5.74) is 2.41. The topological polar surface area (TPSA) is 77.3 Å². The molecule has 0 saturated heterocycles. The zero-order valence-corrected chi connectivity index (χ0v) is 15.0. The fourth-order valence-corrected chi connectivity index (χ4v) is 3.34. The molecule has 0 fully saturated rings. The SMILES string of the molecule is COc1cccc2cc(-c3nnc(Nc4ccc(C)cc4)s3)c(=O)oc12. The molecule has 0 saturated carbocycles. The molecule has 2 heterocycles. The highest BCUT2D eigenvalue weighted by molar-refractivity contribution is 7.18. The van der Waals surface area contributed by atoms with Crippen LogP contribution < -0.4 is 15.7 Å². The van der Waals surface area contributed by atoms with Gasteiger partial charge in [-0.25, -0.2) is 4.79 Å². The Balaban J connectivity index is 1.70. The summed E-state index contributed by atoms with van der Waals surface area (Å²) in [6, 6.07) is 15.1. The van der Waals surface area contributed by atoms with Crippen molar-refractivity contribution in [2.45, 2.75) is 6.92 Å². The molecular formula is C19H15N3O3S. The number of aromatic nitrogens is 2. The van der Waals surface area contributed by atoms with Gasteiger partial charge in [-0.1, -0.05) is 41.2 Å². The normalized spacial score (nSPS) is 10.8. The number of anilines is 2. The number of fused-ring (bicyclic) bond motifs is 1. The Labute approximate surface area is 153 Å². The van der Waals surface area contributed by atoms with Crippen molar-refractivity contribution >= 4 is 33.1 Å². The van der Waals surface area contributed by atoms with E-state index >= 15 is 0 Å². The van der Waals surface area contributed by atoms with E-state index in [0.29, 0.717) is 27.0 Å². The van der Waals surface area contributed by atoms with Crippen molar-refractivity contribution in [3.05, 3.63) is 64.5 Å². The van der Waals surface area contributed by atoms with Gasteiger partial charge in [0.25, 0.3) is 0 Å². The lowest BCUT2D eigenvalue weighted by Gasteiger charge is -2.04. The van der Waals surface area contributed by atoms with Crippen molar-refractivity contribution in [3.8, 4) is 16.3 Å². The van der Waals surface area contributed by atoms with Crippen LogP contribution in [0.15, 0.2) is 57.7 Å². The third-order valence-electron chi connectivity index (χ3n) is 3.90. The highest BCUT2D eigenvalue weighted by atomic mass is 32.1. The second kappa shape index (κ2) is 6.61. The molecule has 0 aliphatic carbocycles. The van der Waals surface area contributed by atoms with Crippen LogP contribution in [0.25, 0.3) is 21.5 Å². The van der Waals surface area contributed by atoms with E-state index in [2.05, 4.69) is 15.5 Å². The Bertz CT molecular complexity index is 1130. The number of ether oxygens (including phenoxy) is 1. The van der Waals surface area contributed by atoms with Crippen LogP contribution >= 0.6 is 11.3 Å². The summed E-state index contributed by atoms with van der Waals surface area (Å²) in [7, 11) is 1.54. The van der Waals surface area contributed by atoms with Crippen LogP contribution in [0.1, 0.15) is 5.56 Å². The van der Waals surface area contributed by atoms with E-state index in [9.17, 15) is 4.79 Å². The van der Waals surface area contributed by atoms with Gasteiger partial charge in [0.05, 0.1) is 12.7 Å². The van der Waals surface area contributed by atoms with Crippen LogP contribution in [0.2, 0.25) is 0 Å². The standard InChI is InChI=1S/C19H15N3O3S/c1-11-6-8-13(9-7-11)20-19-22-21-17(26-19)14-10-12-4-3-5-15(24-2)16(12)25-18(14)23/h3-10H,1-2H3,(H,20,22). The summed E-state index contributed by atoms with van der Waals surface area (Å²) < 4.78 is 10.7.